The van der Waals surface area contributed by atoms with E-state index in [1.54, 1.807) is 36.4 Å². The number of anilines is 2. The smallest absolute Gasteiger partial charge is 0.309 e. The normalized spacial score (nSPS) is 16.1. The van der Waals surface area contributed by atoms with Crippen LogP contribution >= 0.6 is 0 Å². The van der Waals surface area contributed by atoms with Crippen LogP contribution in [0.5, 0.6) is 5.75 Å². The van der Waals surface area contributed by atoms with Crippen LogP contribution in [0.2, 0.25) is 0 Å². The van der Waals surface area contributed by atoms with Gasteiger partial charge in [0.15, 0.2) is 17.5 Å². The van der Waals surface area contributed by atoms with Gasteiger partial charge in [-0.3, -0.25) is 9.78 Å². The van der Waals surface area contributed by atoms with Crippen molar-refractivity contribution in [3.8, 4) is 5.75 Å². The van der Waals surface area contributed by atoms with E-state index in [2.05, 4.69) is 10.3 Å². The molecular formula is C29H34F4N4O3. The van der Waals surface area contributed by atoms with Crippen LogP contribution < -0.4 is 15.0 Å². The molecule has 0 aliphatic carbocycles. The van der Waals surface area contributed by atoms with E-state index >= 15 is 4.39 Å². The number of hydrogen-bond donors (Lipinski definition) is 2. The number of rotatable bonds is 11. The predicted octanol–water partition coefficient (Wildman–Crippen LogP) is 5.80. The minimum atomic E-state index is -1.52. The van der Waals surface area contributed by atoms with Crippen molar-refractivity contribution in [3.63, 3.8) is 0 Å². The monoisotopic (exact) mass is 562 g/mol. The van der Waals surface area contributed by atoms with E-state index in [1.807, 2.05) is 19.0 Å². The molecular weight excluding hydrogens is 528 g/mol. The number of likely N-dealkylation sites (tertiary alicyclic amines) is 1. The molecule has 7 nitrogen and oxygen atoms in total. The Kier molecular flexibility index (Phi) is 9.02. The highest BCUT2D eigenvalue weighted by Crippen LogP contribution is 2.43. The number of alkyl halides is 1. The molecule has 0 unspecified atom stereocenters. The number of methoxy groups -OCH3 is 1. The second-order valence-electron chi connectivity index (χ2n) is 10.4. The highest BCUT2D eigenvalue weighted by molar-refractivity contribution is 5.88. The van der Waals surface area contributed by atoms with Gasteiger partial charge in [0, 0.05) is 56.0 Å². The van der Waals surface area contributed by atoms with E-state index in [0.717, 1.165) is 12.1 Å². The van der Waals surface area contributed by atoms with E-state index in [4.69, 9.17) is 4.74 Å². The Morgan fingerprint density at radius 2 is 1.85 bits per heavy atom. The summed E-state index contributed by atoms with van der Waals surface area (Å²) < 4.78 is 61.4. The maximum absolute atomic E-state index is 16.0. The van der Waals surface area contributed by atoms with Crippen molar-refractivity contribution < 1.29 is 32.2 Å². The van der Waals surface area contributed by atoms with Gasteiger partial charge in [0.05, 0.1) is 29.9 Å². The molecule has 0 radical (unpaired) electrons. The molecule has 4 rings (SSSR count). The fourth-order valence-electron chi connectivity index (χ4n) is 5.33. The molecule has 2 heterocycles. The van der Waals surface area contributed by atoms with Gasteiger partial charge >= 0.3 is 5.97 Å². The van der Waals surface area contributed by atoms with Gasteiger partial charge in [-0.15, -0.1) is 0 Å². The Balaban J connectivity index is 1.40. The Labute approximate surface area is 230 Å². The number of hydrogen-bond acceptors (Lipinski definition) is 6. The Morgan fingerprint density at radius 3 is 2.45 bits per heavy atom. The van der Waals surface area contributed by atoms with Gasteiger partial charge in [-0.1, -0.05) is 0 Å². The first-order valence-electron chi connectivity index (χ1n) is 13.2. The molecule has 0 amide bonds. The van der Waals surface area contributed by atoms with Crippen LogP contribution in [0.4, 0.5) is 28.9 Å². The topological polar surface area (TPSA) is 77.9 Å². The number of carbonyl (C=O) groups is 1. The van der Waals surface area contributed by atoms with Gasteiger partial charge in [0.1, 0.15) is 11.9 Å². The quantitative estimate of drug-likeness (QED) is 0.226. The van der Waals surface area contributed by atoms with E-state index in [-0.39, 0.29) is 18.5 Å². The standard InChI is InChI=1S/C29H34F4N4O3/c1-36(2)25-17-35-24-5-4-19(40-3)16-20(24)26(25)21(30)6-7-29(28(38)39)8-11-37(12-9-29)13-10-34-18-14-22(31)27(33)23(32)15-18/h4-5,14-17,21,34H,6-13H2,1-3H3,(H,38,39)/t21-/m0/s1. The van der Waals surface area contributed by atoms with Crippen LogP contribution in [0.3, 0.4) is 0 Å². The van der Waals surface area contributed by atoms with Crippen molar-refractivity contribution in [3.05, 3.63) is 59.5 Å². The number of ether oxygens (including phenoxy) is 1. The lowest BCUT2D eigenvalue weighted by atomic mass is 9.74. The third kappa shape index (κ3) is 6.24. The summed E-state index contributed by atoms with van der Waals surface area (Å²) in [6, 6.07) is 7.07. The summed E-state index contributed by atoms with van der Waals surface area (Å²) >= 11 is 0. The fraction of sp³-hybridized carbons (Fsp3) is 0.448. The molecule has 216 valence electrons. The van der Waals surface area contributed by atoms with Crippen LogP contribution in [0, 0.1) is 22.9 Å². The number of fused-ring (bicyclic) bond motifs is 1. The van der Waals surface area contributed by atoms with Gasteiger partial charge in [-0.25, -0.2) is 17.6 Å². The van der Waals surface area contributed by atoms with E-state index in [9.17, 15) is 23.1 Å². The Bertz CT molecular complexity index is 1340. The first-order valence-corrected chi connectivity index (χ1v) is 13.2. The molecule has 1 aromatic heterocycles. The molecule has 1 saturated heterocycles. The molecule has 0 saturated carbocycles. The van der Waals surface area contributed by atoms with Gasteiger partial charge in [-0.05, 0) is 57.0 Å². The van der Waals surface area contributed by atoms with Crippen molar-refractivity contribution in [1.29, 1.82) is 0 Å². The number of benzene rings is 2. The lowest BCUT2D eigenvalue weighted by Crippen LogP contribution is -2.45. The number of aliphatic carboxylic acids is 1. The summed E-state index contributed by atoms with van der Waals surface area (Å²) in [6.07, 6.45) is 1.12. The highest BCUT2D eigenvalue weighted by Gasteiger charge is 2.42. The van der Waals surface area contributed by atoms with Crippen LogP contribution in [0.1, 0.15) is 37.4 Å². The second kappa shape index (κ2) is 12.3. The minimum Gasteiger partial charge on any atom is -0.497 e. The first-order chi connectivity index (χ1) is 19.0. The minimum absolute atomic E-state index is 0.0344. The third-order valence-corrected chi connectivity index (χ3v) is 7.77. The number of aromatic nitrogens is 1. The zero-order chi connectivity index (χ0) is 29.0. The summed E-state index contributed by atoms with van der Waals surface area (Å²) in [5.41, 5.74) is 0.786. The highest BCUT2D eigenvalue weighted by atomic mass is 19.2. The van der Waals surface area contributed by atoms with Crippen molar-refractivity contribution in [2.45, 2.75) is 31.9 Å². The molecule has 2 aromatic carbocycles. The molecule has 1 aliphatic heterocycles. The molecule has 0 bridgehead atoms. The summed E-state index contributed by atoms with van der Waals surface area (Å²) in [4.78, 5) is 20.7. The summed E-state index contributed by atoms with van der Waals surface area (Å²) in [6.45, 7) is 1.80. The number of nitrogens with zero attached hydrogens (tertiary/aromatic N) is 3. The lowest BCUT2D eigenvalue weighted by Gasteiger charge is -2.39. The van der Waals surface area contributed by atoms with Crippen LogP contribution in [0.25, 0.3) is 10.9 Å². The van der Waals surface area contributed by atoms with Gasteiger partial charge in [0.25, 0.3) is 0 Å². The number of nitrogens with one attached hydrogen (secondary N) is 1. The van der Waals surface area contributed by atoms with Crippen molar-refractivity contribution >= 4 is 28.2 Å². The predicted molar refractivity (Wildman–Crippen MR) is 146 cm³/mol. The summed E-state index contributed by atoms with van der Waals surface area (Å²) in [5.74, 6) is -4.41. The third-order valence-electron chi connectivity index (χ3n) is 7.77. The molecule has 40 heavy (non-hydrogen) atoms. The molecule has 1 atom stereocenters. The number of carboxylic acid groups (broad SMARTS) is 1. The fourth-order valence-corrected chi connectivity index (χ4v) is 5.33. The Hall–Kier alpha value is -3.60. The average molecular weight is 563 g/mol. The maximum atomic E-state index is 16.0. The van der Waals surface area contributed by atoms with Gasteiger partial charge in [-0.2, -0.15) is 0 Å². The zero-order valence-corrected chi connectivity index (χ0v) is 22.8. The molecule has 1 aliphatic rings. The SMILES string of the molecule is COc1ccc2ncc(N(C)C)c([C@@H](F)CCC3(C(=O)O)CCN(CCNc4cc(F)c(F)c(F)c4)CC3)c2c1. The second-order valence-corrected chi connectivity index (χ2v) is 10.4. The number of pyridine rings is 1. The summed E-state index contributed by atoms with van der Waals surface area (Å²) in [5, 5.41) is 13.6. The van der Waals surface area contributed by atoms with Crippen LogP contribution in [-0.2, 0) is 4.79 Å². The maximum Gasteiger partial charge on any atom is 0.309 e. The molecule has 0 spiro atoms. The van der Waals surface area contributed by atoms with E-state index < -0.39 is 35.0 Å². The lowest BCUT2D eigenvalue weighted by molar-refractivity contribution is -0.153. The molecule has 11 heteroatoms. The number of piperidine rings is 1. The summed E-state index contributed by atoms with van der Waals surface area (Å²) in [7, 11) is 5.16. The van der Waals surface area contributed by atoms with E-state index in [0.29, 0.717) is 66.9 Å². The van der Waals surface area contributed by atoms with Gasteiger partial charge in [0.2, 0.25) is 0 Å². The van der Waals surface area contributed by atoms with Gasteiger partial charge < -0.3 is 25.0 Å². The van der Waals surface area contributed by atoms with Crippen LogP contribution in [0.15, 0.2) is 36.5 Å². The van der Waals surface area contributed by atoms with Crippen LogP contribution in [-0.4, -0.2) is 68.3 Å². The Morgan fingerprint density at radius 1 is 1.18 bits per heavy atom. The first kappa shape index (κ1) is 29.4. The zero-order valence-electron chi connectivity index (χ0n) is 22.8. The largest absolute Gasteiger partial charge is 0.497 e. The number of carboxylic acids is 1. The van der Waals surface area contributed by atoms with Crippen molar-refractivity contribution in [2.75, 3.05) is 57.6 Å². The molecule has 3 aromatic rings. The molecule has 2 N–H and O–H groups in total. The average Bonchev–Trinajstić information content (AvgIpc) is 2.94. The van der Waals surface area contributed by atoms with Crippen molar-refractivity contribution in [1.82, 2.24) is 9.88 Å². The van der Waals surface area contributed by atoms with Crippen molar-refractivity contribution in [2.24, 2.45) is 5.41 Å². The number of halogens is 4. The molecule has 1 fully saturated rings. The van der Waals surface area contributed by atoms with E-state index in [1.165, 1.54) is 0 Å².